The lowest BCUT2D eigenvalue weighted by Gasteiger charge is -2.51. The summed E-state index contributed by atoms with van der Waals surface area (Å²) in [6.45, 7) is 7.00. The third kappa shape index (κ3) is 1.81. The highest BCUT2D eigenvalue weighted by Gasteiger charge is 2.38. The predicted molar refractivity (Wildman–Crippen MR) is 59.3 cm³/mol. The van der Waals surface area contributed by atoms with Gasteiger partial charge in [0.25, 0.3) is 0 Å². The van der Waals surface area contributed by atoms with Gasteiger partial charge in [-0.05, 0) is 33.7 Å². The lowest BCUT2D eigenvalue weighted by atomic mass is 9.88. The second kappa shape index (κ2) is 3.80. The van der Waals surface area contributed by atoms with Crippen LogP contribution < -0.4 is 5.73 Å². The van der Waals surface area contributed by atoms with E-state index in [1.807, 2.05) is 0 Å². The number of likely N-dealkylation sites (tertiary alicyclic amines) is 1. The minimum atomic E-state index is 0.440. The summed E-state index contributed by atoms with van der Waals surface area (Å²) in [5, 5.41) is 0. The average Bonchev–Trinajstić information content (AvgIpc) is 2.06. The number of nitrogens with two attached hydrogens (primary N) is 1. The fourth-order valence-corrected chi connectivity index (χ4v) is 2.87. The van der Waals surface area contributed by atoms with Crippen molar-refractivity contribution in [2.75, 3.05) is 20.1 Å². The smallest absolute Gasteiger partial charge is 0.0238 e. The van der Waals surface area contributed by atoms with Crippen LogP contribution in [-0.2, 0) is 0 Å². The number of likely N-dealkylation sites (N-methyl/N-ethyl adjacent to an activating group) is 1. The zero-order chi connectivity index (χ0) is 10.3. The molecule has 0 aromatic carbocycles. The van der Waals surface area contributed by atoms with E-state index >= 15 is 0 Å². The Kier molecular flexibility index (Phi) is 2.82. The Bertz CT molecular complexity index is 189. The van der Waals surface area contributed by atoms with Crippen molar-refractivity contribution in [3.05, 3.63) is 0 Å². The second-order valence-corrected chi connectivity index (χ2v) is 5.25. The van der Waals surface area contributed by atoms with Crippen LogP contribution in [0.5, 0.6) is 0 Å². The first kappa shape index (κ1) is 10.4. The Hall–Kier alpha value is -0.120. The van der Waals surface area contributed by atoms with Crippen molar-refractivity contribution in [3.8, 4) is 0 Å². The number of hydrogen-bond acceptors (Lipinski definition) is 3. The average molecular weight is 197 g/mol. The molecule has 2 rings (SSSR count). The molecule has 2 fully saturated rings. The Morgan fingerprint density at radius 3 is 2.07 bits per heavy atom. The van der Waals surface area contributed by atoms with Gasteiger partial charge in [0.1, 0.15) is 0 Å². The van der Waals surface area contributed by atoms with Crippen molar-refractivity contribution in [2.45, 2.75) is 50.9 Å². The molecule has 2 N–H and O–H groups in total. The van der Waals surface area contributed by atoms with E-state index in [0.717, 1.165) is 0 Å². The second-order valence-electron chi connectivity index (χ2n) is 5.25. The summed E-state index contributed by atoms with van der Waals surface area (Å²) in [4.78, 5) is 5.14. The summed E-state index contributed by atoms with van der Waals surface area (Å²) in [5.74, 6) is 0. The molecule has 0 aromatic rings. The topological polar surface area (TPSA) is 32.5 Å². The van der Waals surface area contributed by atoms with Gasteiger partial charge in [0.2, 0.25) is 0 Å². The van der Waals surface area contributed by atoms with Crippen LogP contribution in [0, 0.1) is 0 Å². The van der Waals surface area contributed by atoms with Crippen molar-refractivity contribution in [1.29, 1.82) is 0 Å². The predicted octanol–water partition coefficient (Wildman–Crippen LogP) is 0.501. The van der Waals surface area contributed by atoms with Crippen LogP contribution in [0.4, 0.5) is 0 Å². The molecule has 1 unspecified atom stereocenters. The molecular formula is C11H23N3. The zero-order valence-electron chi connectivity index (χ0n) is 9.61. The van der Waals surface area contributed by atoms with Gasteiger partial charge in [0.05, 0.1) is 0 Å². The van der Waals surface area contributed by atoms with Gasteiger partial charge in [0, 0.05) is 37.3 Å². The van der Waals surface area contributed by atoms with E-state index in [9.17, 15) is 0 Å². The SMILES string of the molecule is CC(C)N1C[C@H]2CC(N)C[C@@H](C1)N2C. The maximum atomic E-state index is 6.06. The van der Waals surface area contributed by atoms with E-state index in [1.54, 1.807) is 0 Å². The summed E-state index contributed by atoms with van der Waals surface area (Å²) < 4.78 is 0. The lowest BCUT2D eigenvalue weighted by Crippen LogP contribution is -2.63. The van der Waals surface area contributed by atoms with E-state index in [-0.39, 0.29) is 0 Å². The van der Waals surface area contributed by atoms with E-state index in [1.165, 1.54) is 25.9 Å². The molecule has 3 heteroatoms. The first-order valence-corrected chi connectivity index (χ1v) is 5.79. The normalized spacial score (nSPS) is 40.5. The molecule has 0 aliphatic carbocycles. The maximum absolute atomic E-state index is 6.06. The van der Waals surface area contributed by atoms with Crippen LogP contribution >= 0.6 is 0 Å². The minimum absolute atomic E-state index is 0.440. The molecule has 2 bridgehead atoms. The maximum Gasteiger partial charge on any atom is 0.0238 e. The lowest BCUT2D eigenvalue weighted by molar-refractivity contribution is -0.00933. The van der Waals surface area contributed by atoms with Crippen LogP contribution in [0.3, 0.4) is 0 Å². The fraction of sp³-hybridized carbons (Fsp3) is 1.00. The molecule has 2 aliphatic rings. The Morgan fingerprint density at radius 1 is 1.14 bits per heavy atom. The molecule has 0 radical (unpaired) electrons. The number of hydrogen-bond donors (Lipinski definition) is 1. The van der Waals surface area contributed by atoms with Crippen LogP contribution in [-0.4, -0.2) is 54.1 Å². The summed E-state index contributed by atoms with van der Waals surface area (Å²) in [6.07, 6.45) is 2.35. The largest absolute Gasteiger partial charge is 0.328 e. The van der Waals surface area contributed by atoms with E-state index in [4.69, 9.17) is 5.73 Å². The standard InChI is InChI=1S/C11H23N3/c1-8(2)14-6-10-4-9(12)5-11(7-14)13(10)3/h8-11H,4-7,12H2,1-3H3/t9?,10-,11+. The van der Waals surface area contributed by atoms with Gasteiger partial charge in [-0.25, -0.2) is 0 Å². The van der Waals surface area contributed by atoms with Crippen molar-refractivity contribution in [2.24, 2.45) is 5.73 Å². The Morgan fingerprint density at radius 2 is 1.64 bits per heavy atom. The molecule has 0 saturated carbocycles. The van der Waals surface area contributed by atoms with Gasteiger partial charge in [-0.15, -0.1) is 0 Å². The third-order valence-corrected chi connectivity index (χ3v) is 3.92. The molecule has 0 aromatic heterocycles. The molecular weight excluding hydrogens is 174 g/mol. The van der Waals surface area contributed by atoms with Gasteiger partial charge < -0.3 is 5.73 Å². The number of piperazine rings is 1. The van der Waals surface area contributed by atoms with E-state index in [2.05, 4.69) is 30.7 Å². The highest BCUT2D eigenvalue weighted by molar-refractivity contribution is 4.96. The highest BCUT2D eigenvalue weighted by atomic mass is 15.3. The molecule has 2 saturated heterocycles. The number of piperidine rings is 1. The first-order chi connectivity index (χ1) is 6.58. The van der Waals surface area contributed by atoms with Gasteiger partial charge >= 0.3 is 0 Å². The molecule has 2 aliphatic heterocycles. The Balaban J connectivity index is 2.05. The quantitative estimate of drug-likeness (QED) is 0.664. The monoisotopic (exact) mass is 197 g/mol. The molecule has 0 amide bonds. The van der Waals surface area contributed by atoms with E-state index in [0.29, 0.717) is 24.2 Å². The first-order valence-electron chi connectivity index (χ1n) is 5.79. The van der Waals surface area contributed by atoms with Crippen LogP contribution in [0.1, 0.15) is 26.7 Å². The summed E-state index contributed by atoms with van der Waals surface area (Å²) in [5.41, 5.74) is 6.06. The van der Waals surface area contributed by atoms with Crippen LogP contribution in [0.15, 0.2) is 0 Å². The van der Waals surface area contributed by atoms with Crippen molar-refractivity contribution in [3.63, 3.8) is 0 Å². The molecule has 14 heavy (non-hydrogen) atoms. The molecule has 2 heterocycles. The number of fused-ring (bicyclic) bond motifs is 2. The number of nitrogens with zero attached hydrogens (tertiary/aromatic N) is 2. The highest BCUT2D eigenvalue weighted by Crippen LogP contribution is 2.27. The van der Waals surface area contributed by atoms with Gasteiger partial charge in [-0.3, -0.25) is 9.80 Å². The summed E-state index contributed by atoms with van der Waals surface area (Å²) in [6, 6.07) is 2.51. The van der Waals surface area contributed by atoms with Crippen LogP contribution in [0.25, 0.3) is 0 Å². The van der Waals surface area contributed by atoms with Crippen LogP contribution in [0.2, 0.25) is 0 Å². The Labute approximate surface area is 87.2 Å². The zero-order valence-corrected chi connectivity index (χ0v) is 9.61. The van der Waals surface area contributed by atoms with Gasteiger partial charge in [0.15, 0.2) is 0 Å². The van der Waals surface area contributed by atoms with Gasteiger partial charge in [-0.1, -0.05) is 0 Å². The van der Waals surface area contributed by atoms with Crippen molar-refractivity contribution in [1.82, 2.24) is 9.80 Å². The third-order valence-electron chi connectivity index (χ3n) is 3.92. The molecule has 3 atom stereocenters. The molecule has 3 nitrogen and oxygen atoms in total. The molecule has 82 valence electrons. The minimum Gasteiger partial charge on any atom is -0.328 e. The van der Waals surface area contributed by atoms with Crippen molar-refractivity contribution >= 4 is 0 Å². The number of rotatable bonds is 1. The summed E-state index contributed by atoms with van der Waals surface area (Å²) in [7, 11) is 2.26. The van der Waals surface area contributed by atoms with Crippen molar-refractivity contribution < 1.29 is 0 Å². The molecule has 0 spiro atoms. The summed E-state index contributed by atoms with van der Waals surface area (Å²) >= 11 is 0. The van der Waals surface area contributed by atoms with Gasteiger partial charge in [-0.2, -0.15) is 0 Å². The fourth-order valence-electron chi connectivity index (χ4n) is 2.87. The van der Waals surface area contributed by atoms with E-state index < -0.39 is 0 Å².